The zero-order valence-corrected chi connectivity index (χ0v) is 12.3. The zero-order valence-electron chi connectivity index (χ0n) is 11.5. The van der Waals surface area contributed by atoms with Gasteiger partial charge in [-0.05, 0) is 30.0 Å². The van der Waals surface area contributed by atoms with Crippen molar-refractivity contribution in [1.29, 1.82) is 0 Å². The van der Waals surface area contributed by atoms with Crippen molar-refractivity contribution in [2.75, 3.05) is 5.32 Å². The Kier molecular flexibility index (Phi) is 2.86. The van der Waals surface area contributed by atoms with E-state index < -0.39 is 0 Å². The van der Waals surface area contributed by atoms with Crippen LogP contribution in [0.5, 0.6) is 0 Å². The van der Waals surface area contributed by atoms with Gasteiger partial charge in [0.05, 0.1) is 0 Å². The number of rotatable bonds is 2. The highest BCUT2D eigenvalue weighted by atomic mass is 32.1. The molecule has 1 aliphatic rings. The third-order valence-corrected chi connectivity index (χ3v) is 4.43. The number of hydrogen-bond donors (Lipinski definition) is 1. The van der Waals surface area contributed by atoms with Crippen molar-refractivity contribution in [3.63, 3.8) is 0 Å². The molecule has 0 saturated carbocycles. The number of benzene rings is 1. The topological polar surface area (TPSA) is 42.7 Å². The number of anilines is 1. The van der Waals surface area contributed by atoms with Crippen molar-refractivity contribution in [3.8, 4) is 0 Å². The molecular formula is C16H14N4S. The lowest BCUT2D eigenvalue weighted by Gasteiger charge is -2.23. The van der Waals surface area contributed by atoms with Crippen LogP contribution in [0.4, 0.5) is 5.95 Å². The quantitative estimate of drug-likeness (QED) is 0.783. The number of hydrogen-bond acceptors (Lipinski definition) is 4. The van der Waals surface area contributed by atoms with Crippen LogP contribution in [0.2, 0.25) is 0 Å². The van der Waals surface area contributed by atoms with Gasteiger partial charge in [0.15, 0.2) is 0 Å². The lowest BCUT2D eigenvalue weighted by atomic mass is 10.1. The van der Waals surface area contributed by atoms with Crippen LogP contribution in [-0.4, -0.2) is 14.8 Å². The first-order valence-corrected chi connectivity index (χ1v) is 7.70. The second-order valence-corrected chi connectivity index (χ2v) is 5.94. The molecule has 3 aromatic rings. The second kappa shape index (κ2) is 4.86. The first-order valence-electron chi connectivity index (χ1n) is 6.82. The highest BCUT2D eigenvalue weighted by molar-refractivity contribution is 7.10. The van der Waals surface area contributed by atoms with E-state index in [0.29, 0.717) is 0 Å². The molecule has 0 unspecified atom stereocenters. The van der Waals surface area contributed by atoms with Gasteiger partial charge < -0.3 is 5.32 Å². The highest BCUT2D eigenvalue weighted by Crippen LogP contribution is 2.34. The molecule has 1 atom stereocenters. The fourth-order valence-corrected chi connectivity index (χ4v) is 3.33. The van der Waals surface area contributed by atoms with Crippen LogP contribution in [0.1, 0.15) is 22.3 Å². The molecule has 2 aromatic heterocycles. The Balaban J connectivity index is 1.84. The maximum absolute atomic E-state index is 4.52. The lowest BCUT2D eigenvalue weighted by molar-refractivity contribution is 0.615. The van der Waals surface area contributed by atoms with E-state index in [1.165, 1.54) is 4.88 Å². The molecule has 4 nitrogen and oxygen atoms in total. The number of nitrogens with one attached hydrogen (secondary N) is 1. The van der Waals surface area contributed by atoms with E-state index in [-0.39, 0.29) is 6.04 Å². The van der Waals surface area contributed by atoms with Crippen molar-refractivity contribution < 1.29 is 0 Å². The summed E-state index contributed by atoms with van der Waals surface area (Å²) in [5, 5.41) is 10.00. The van der Waals surface area contributed by atoms with Crippen molar-refractivity contribution >= 4 is 23.0 Å². The van der Waals surface area contributed by atoms with Gasteiger partial charge in [-0.25, -0.2) is 4.68 Å². The first-order chi connectivity index (χ1) is 10.3. The van der Waals surface area contributed by atoms with Crippen molar-refractivity contribution in [2.45, 2.75) is 13.0 Å². The minimum absolute atomic E-state index is 0.0951. The maximum atomic E-state index is 4.52. The highest BCUT2D eigenvalue weighted by Gasteiger charge is 2.24. The Morgan fingerprint density at radius 1 is 1.14 bits per heavy atom. The molecule has 0 amide bonds. The van der Waals surface area contributed by atoms with Gasteiger partial charge in [-0.1, -0.05) is 36.4 Å². The molecule has 1 N–H and O–H groups in total. The van der Waals surface area contributed by atoms with Crippen LogP contribution < -0.4 is 5.32 Å². The van der Waals surface area contributed by atoms with Crippen molar-refractivity contribution in [1.82, 2.24) is 14.8 Å². The van der Waals surface area contributed by atoms with Crippen LogP contribution in [0.3, 0.4) is 0 Å². The summed E-state index contributed by atoms with van der Waals surface area (Å²) in [4.78, 5) is 5.75. The summed E-state index contributed by atoms with van der Waals surface area (Å²) >= 11 is 1.74. The summed E-state index contributed by atoms with van der Waals surface area (Å²) in [6.45, 7) is 1.92. The molecule has 0 bridgehead atoms. The van der Waals surface area contributed by atoms with Crippen LogP contribution in [0.15, 0.2) is 53.9 Å². The van der Waals surface area contributed by atoms with Gasteiger partial charge in [-0.2, -0.15) is 10.1 Å². The second-order valence-electron chi connectivity index (χ2n) is 4.96. The number of nitrogens with zero attached hydrogens (tertiary/aromatic N) is 3. The van der Waals surface area contributed by atoms with Crippen LogP contribution >= 0.6 is 11.3 Å². The van der Waals surface area contributed by atoms with Crippen molar-refractivity contribution in [2.24, 2.45) is 0 Å². The smallest absolute Gasteiger partial charge is 0.226 e. The van der Waals surface area contributed by atoms with E-state index in [4.69, 9.17) is 0 Å². The largest absolute Gasteiger partial charge is 0.324 e. The summed E-state index contributed by atoms with van der Waals surface area (Å²) in [7, 11) is 0. The van der Waals surface area contributed by atoms with Gasteiger partial charge in [0.1, 0.15) is 11.9 Å². The third kappa shape index (κ3) is 2.15. The molecule has 0 aliphatic carbocycles. The Morgan fingerprint density at radius 2 is 2.00 bits per heavy atom. The fourth-order valence-electron chi connectivity index (χ4n) is 2.55. The van der Waals surface area contributed by atoms with E-state index in [1.54, 1.807) is 11.3 Å². The van der Waals surface area contributed by atoms with E-state index in [9.17, 15) is 0 Å². The van der Waals surface area contributed by atoms with Crippen LogP contribution in [0, 0.1) is 6.92 Å². The average Bonchev–Trinajstić information content (AvgIpc) is 3.15. The van der Waals surface area contributed by atoms with E-state index in [2.05, 4.69) is 51.1 Å². The summed E-state index contributed by atoms with van der Waals surface area (Å²) < 4.78 is 1.95. The van der Waals surface area contributed by atoms with E-state index in [0.717, 1.165) is 23.0 Å². The predicted molar refractivity (Wildman–Crippen MR) is 85.3 cm³/mol. The Morgan fingerprint density at radius 3 is 2.76 bits per heavy atom. The van der Waals surface area contributed by atoms with Gasteiger partial charge in [0, 0.05) is 10.6 Å². The van der Waals surface area contributed by atoms with Crippen molar-refractivity contribution in [3.05, 3.63) is 70.2 Å². The summed E-state index contributed by atoms with van der Waals surface area (Å²) in [5.41, 5.74) is 2.24. The molecule has 1 aliphatic heterocycles. The molecule has 3 heterocycles. The number of thiophene rings is 1. The normalized spacial score (nSPS) is 17.0. The molecule has 0 spiro atoms. The van der Waals surface area contributed by atoms with Crippen LogP contribution in [0.25, 0.3) is 5.70 Å². The molecule has 5 heteroatoms. The number of aromatic nitrogens is 3. The van der Waals surface area contributed by atoms with E-state index in [1.807, 2.05) is 29.8 Å². The molecule has 104 valence electrons. The SMILES string of the molecule is Cc1nc2n(n1)[C@@H](c1cccs1)C=C(c1ccccc1)N2. The molecule has 0 radical (unpaired) electrons. The third-order valence-electron chi connectivity index (χ3n) is 3.49. The molecule has 1 aromatic carbocycles. The molecular weight excluding hydrogens is 280 g/mol. The Bertz CT molecular complexity index is 787. The molecule has 4 rings (SSSR count). The fraction of sp³-hybridized carbons (Fsp3) is 0.125. The molecule has 21 heavy (non-hydrogen) atoms. The van der Waals surface area contributed by atoms with Gasteiger partial charge in [0.25, 0.3) is 0 Å². The number of aryl methyl sites for hydroxylation is 1. The van der Waals surface area contributed by atoms with Gasteiger partial charge >= 0.3 is 0 Å². The predicted octanol–water partition coefficient (Wildman–Crippen LogP) is 3.70. The number of allylic oxidation sites excluding steroid dienone is 1. The van der Waals surface area contributed by atoms with E-state index >= 15 is 0 Å². The summed E-state index contributed by atoms with van der Waals surface area (Å²) in [6.07, 6.45) is 2.21. The Labute approximate surface area is 126 Å². The molecule has 0 fully saturated rings. The average molecular weight is 294 g/mol. The number of fused-ring (bicyclic) bond motifs is 1. The first kappa shape index (κ1) is 12.3. The maximum Gasteiger partial charge on any atom is 0.226 e. The minimum atomic E-state index is 0.0951. The monoisotopic (exact) mass is 294 g/mol. The summed E-state index contributed by atoms with van der Waals surface area (Å²) in [6, 6.07) is 14.6. The summed E-state index contributed by atoms with van der Waals surface area (Å²) in [5.74, 6) is 1.58. The standard InChI is InChI=1S/C16H14N4S/c1-11-17-16-18-13(12-6-3-2-4-7-12)10-14(20(16)19-11)15-8-5-9-21-15/h2-10,14H,1H3,(H,17,18,19)/t14-/m1/s1. The van der Waals surface area contributed by atoms with Gasteiger partial charge in [0.2, 0.25) is 5.95 Å². The Hall–Kier alpha value is -2.40. The minimum Gasteiger partial charge on any atom is -0.324 e. The van der Waals surface area contributed by atoms with Gasteiger partial charge in [-0.15, -0.1) is 11.3 Å². The zero-order chi connectivity index (χ0) is 14.2. The lowest BCUT2D eigenvalue weighted by Crippen LogP contribution is -2.19. The van der Waals surface area contributed by atoms with Gasteiger partial charge in [-0.3, -0.25) is 0 Å². The van der Waals surface area contributed by atoms with Crippen LogP contribution in [-0.2, 0) is 0 Å². The molecule has 0 saturated heterocycles.